The molecule has 6 heteroatoms. The molecular weight excluding hydrogens is 282 g/mol. The summed E-state index contributed by atoms with van der Waals surface area (Å²) < 4.78 is 3.38. The average Bonchev–Trinajstić information content (AvgIpc) is 2.93. The first kappa shape index (κ1) is 12.7. The molecule has 0 saturated carbocycles. The first-order valence-electron chi connectivity index (χ1n) is 4.75. The zero-order chi connectivity index (χ0) is 13.1. The van der Waals surface area contributed by atoms with Gasteiger partial charge in [-0.25, -0.2) is 0 Å². The van der Waals surface area contributed by atoms with Gasteiger partial charge < -0.3 is 0 Å². The second-order valence-corrected chi connectivity index (χ2v) is 6.47. The van der Waals surface area contributed by atoms with E-state index >= 15 is 0 Å². The van der Waals surface area contributed by atoms with E-state index in [2.05, 4.69) is 6.07 Å². The SMILES string of the molecule is CSc1cc2sc(C(C#N)=C(C#N)C#N)cc2s1. The van der Waals surface area contributed by atoms with Gasteiger partial charge in [0.1, 0.15) is 23.8 Å². The summed E-state index contributed by atoms with van der Waals surface area (Å²) in [6.45, 7) is 0. The Balaban J connectivity index is 2.59. The molecule has 0 bridgehead atoms. The lowest BCUT2D eigenvalue weighted by atomic mass is 10.1. The molecule has 3 nitrogen and oxygen atoms in total. The van der Waals surface area contributed by atoms with E-state index in [0.29, 0.717) is 4.88 Å². The molecule has 2 aromatic rings. The average molecular weight is 287 g/mol. The predicted molar refractivity (Wildman–Crippen MR) is 75.2 cm³/mol. The Kier molecular flexibility index (Phi) is 3.69. The second-order valence-electron chi connectivity index (χ2n) is 3.19. The molecule has 0 amide bonds. The molecule has 0 unspecified atom stereocenters. The Morgan fingerprint density at radius 3 is 2.22 bits per heavy atom. The van der Waals surface area contributed by atoms with Crippen molar-refractivity contribution in [2.45, 2.75) is 4.21 Å². The fourth-order valence-corrected chi connectivity index (χ4v) is 4.45. The van der Waals surface area contributed by atoms with Crippen molar-refractivity contribution in [2.24, 2.45) is 0 Å². The molecule has 0 aliphatic carbocycles. The van der Waals surface area contributed by atoms with E-state index in [1.54, 1.807) is 35.2 Å². The summed E-state index contributed by atoms with van der Waals surface area (Å²) in [6.07, 6.45) is 2.01. The number of nitrogens with zero attached hydrogens (tertiary/aromatic N) is 3. The van der Waals surface area contributed by atoms with Gasteiger partial charge in [-0.3, -0.25) is 0 Å². The molecule has 18 heavy (non-hydrogen) atoms. The van der Waals surface area contributed by atoms with Crippen molar-refractivity contribution >= 4 is 49.4 Å². The molecule has 2 heterocycles. The highest BCUT2D eigenvalue weighted by atomic mass is 32.2. The van der Waals surface area contributed by atoms with Crippen LogP contribution in [0.5, 0.6) is 0 Å². The van der Waals surface area contributed by atoms with E-state index in [9.17, 15) is 0 Å². The number of thiophene rings is 2. The van der Waals surface area contributed by atoms with Crippen molar-refractivity contribution in [2.75, 3.05) is 6.26 Å². The smallest absolute Gasteiger partial charge is 0.148 e. The monoisotopic (exact) mass is 287 g/mol. The maximum atomic E-state index is 9.07. The topological polar surface area (TPSA) is 71.4 Å². The van der Waals surface area contributed by atoms with Crippen LogP contribution in [0.3, 0.4) is 0 Å². The van der Waals surface area contributed by atoms with Gasteiger partial charge in [0, 0.05) is 14.3 Å². The number of nitriles is 3. The van der Waals surface area contributed by atoms with Crippen molar-refractivity contribution in [1.29, 1.82) is 15.8 Å². The van der Waals surface area contributed by atoms with Gasteiger partial charge in [0.05, 0.1) is 9.78 Å². The van der Waals surface area contributed by atoms with Crippen molar-refractivity contribution < 1.29 is 0 Å². The van der Waals surface area contributed by atoms with Crippen molar-refractivity contribution in [3.8, 4) is 18.2 Å². The summed E-state index contributed by atoms with van der Waals surface area (Å²) in [7, 11) is 0. The van der Waals surface area contributed by atoms with Gasteiger partial charge in [-0.05, 0) is 18.4 Å². The van der Waals surface area contributed by atoms with Crippen molar-refractivity contribution in [3.05, 3.63) is 22.6 Å². The van der Waals surface area contributed by atoms with Gasteiger partial charge in [0.2, 0.25) is 0 Å². The molecule has 0 aliphatic heterocycles. The minimum atomic E-state index is -0.128. The molecule has 0 aromatic carbocycles. The lowest BCUT2D eigenvalue weighted by Crippen LogP contribution is -1.81. The number of fused-ring (bicyclic) bond motifs is 1. The van der Waals surface area contributed by atoms with Crippen molar-refractivity contribution in [3.63, 3.8) is 0 Å². The van der Waals surface area contributed by atoms with Gasteiger partial charge in [0.15, 0.2) is 0 Å². The number of thioether (sulfide) groups is 1. The van der Waals surface area contributed by atoms with Gasteiger partial charge in [-0.1, -0.05) is 0 Å². The van der Waals surface area contributed by atoms with Gasteiger partial charge in [0.25, 0.3) is 0 Å². The molecule has 2 rings (SSSR count). The molecule has 0 spiro atoms. The third-order valence-electron chi connectivity index (χ3n) is 2.22. The Morgan fingerprint density at radius 2 is 1.72 bits per heavy atom. The van der Waals surface area contributed by atoms with Crippen LogP contribution in [0.2, 0.25) is 0 Å². The van der Waals surface area contributed by atoms with E-state index in [-0.39, 0.29) is 11.1 Å². The first-order valence-corrected chi connectivity index (χ1v) is 7.61. The quantitative estimate of drug-likeness (QED) is 0.618. The lowest BCUT2D eigenvalue weighted by molar-refractivity contribution is 1.46. The van der Waals surface area contributed by atoms with Crippen LogP contribution in [-0.2, 0) is 0 Å². The van der Waals surface area contributed by atoms with E-state index in [4.69, 9.17) is 15.8 Å². The summed E-state index contributed by atoms with van der Waals surface area (Å²) in [6, 6.07) is 9.40. The number of hydrogen-bond donors (Lipinski definition) is 0. The molecule has 0 radical (unpaired) electrons. The molecule has 0 aliphatic rings. The molecular formula is C12H5N3S3. The lowest BCUT2D eigenvalue weighted by Gasteiger charge is -1.91. The second kappa shape index (κ2) is 5.25. The largest absolute Gasteiger partial charge is 0.192 e. The summed E-state index contributed by atoms with van der Waals surface area (Å²) in [5, 5.41) is 26.7. The van der Waals surface area contributed by atoms with E-state index in [1.807, 2.05) is 18.4 Å². The van der Waals surface area contributed by atoms with E-state index < -0.39 is 0 Å². The number of hydrogen-bond acceptors (Lipinski definition) is 6. The fraction of sp³-hybridized carbons (Fsp3) is 0.0833. The van der Waals surface area contributed by atoms with Crippen LogP contribution >= 0.6 is 34.4 Å². The minimum Gasteiger partial charge on any atom is -0.192 e. The van der Waals surface area contributed by atoms with Crippen LogP contribution in [-0.4, -0.2) is 6.26 Å². The Bertz CT molecular complexity index is 712. The Hall–Kier alpha value is -1.78. The van der Waals surface area contributed by atoms with Gasteiger partial charge in [-0.2, -0.15) is 15.8 Å². The van der Waals surface area contributed by atoms with E-state index in [1.165, 1.54) is 15.5 Å². The maximum absolute atomic E-state index is 9.07. The number of rotatable bonds is 2. The Morgan fingerprint density at radius 1 is 1.06 bits per heavy atom. The first-order chi connectivity index (χ1) is 8.73. The molecule has 0 N–H and O–H groups in total. The maximum Gasteiger partial charge on any atom is 0.148 e. The highest BCUT2D eigenvalue weighted by Gasteiger charge is 2.13. The zero-order valence-electron chi connectivity index (χ0n) is 9.22. The van der Waals surface area contributed by atoms with Gasteiger partial charge >= 0.3 is 0 Å². The zero-order valence-corrected chi connectivity index (χ0v) is 11.7. The Labute approximate surface area is 116 Å². The summed E-state index contributed by atoms with van der Waals surface area (Å²) in [5.41, 5.74) is 0.0376. The summed E-state index contributed by atoms with van der Waals surface area (Å²) in [5.74, 6) is 0. The van der Waals surface area contributed by atoms with Crippen LogP contribution in [0.1, 0.15) is 4.88 Å². The molecule has 0 saturated heterocycles. The molecule has 2 aromatic heterocycles. The molecule has 0 atom stereocenters. The van der Waals surface area contributed by atoms with Crippen LogP contribution in [0.15, 0.2) is 21.9 Å². The predicted octanol–water partition coefficient (Wildman–Crippen LogP) is 4.01. The van der Waals surface area contributed by atoms with Crippen LogP contribution in [0.4, 0.5) is 0 Å². The normalized spacial score (nSPS) is 9.44. The van der Waals surface area contributed by atoms with Crippen molar-refractivity contribution in [1.82, 2.24) is 0 Å². The van der Waals surface area contributed by atoms with Gasteiger partial charge in [-0.15, -0.1) is 34.4 Å². The summed E-state index contributed by atoms with van der Waals surface area (Å²) >= 11 is 4.77. The van der Waals surface area contributed by atoms with Crippen LogP contribution < -0.4 is 0 Å². The standard InChI is InChI=1S/C12H5N3S3/c1-16-12-3-11-10(18-12)2-9(17-11)8(6-15)7(4-13)5-14/h2-3H,1H3. The fourth-order valence-electron chi connectivity index (χ4n) is 1.41. The van der Waals surface area contributed by atoms with Crippen LogP contribution in [0.25, 0.3) is 15.0 Å². The van der Waals surface area contributed by atoms with Crippen LogP contribution in [0, 0.1) is 34.0 Å². The van der Waals surface area contributed by atoms with E-state index in [0.717, 1.165) is 9.40 Å². The summed E-state index contributed by atoms with van der Waals surface area (Å²) in [4.78, 5) is 0.685. The number of allylic oxidation sites excluding steroid dienone is 2. The third-order valence-corrected chi connectivity index (χ3v) is 5.59. The molecule has 86 valence electrons. The highest BCUT2D eigenvalue weighted by molar-refractivity contribution is 8.00. The highest BCUT2D eigenvalue weighted by Crippen LogP contribution is 2.39. The molecule has 0 fully saturated rings. The minimum absolute atomic E-state index is 0.128. The third kappa shape index (κ3) is 2.12.